The Morgan fingerprint density at radius 3 is 3.05 bits per heavy atom. The molecule has 1 aromatic heterocycles. The van der Waals surface area contributed by atoms with Crippen molar-refractivity contribution >= 4 is 17.9 Å². The smallest absolute Gasteiger partial charge is 0.170 e. The van der Waals surface area contributed by atoms with Gasteiger partial charge in [-0.2, -0.15) is 5.10 Å². The second kappa shape index (κ2) is 6.44. The Bertz CT molecular complexity index is 635. The molecule has 1 unspecified atom stereocenters. The number of aldehydes is 1. The number of aromatic amines is 1. The minimum Gasteiger partial charge on any atom is -0.296 e. The number of carbonyl (C=O) groups excluding carboxylic acids is 1. The van der Waals surface area contributed by atoms with Crippen LogP contribution in [0.3, 0.4) is 0 Å². The molecule has 110 valence electrons. The van der Waals surface area contributed by atoms with Gasteiger partial charge in [-0.1, -0.05) is 36.6 Å². The summed E-state index contributed by atoms with van der Waals surface area (Å²) in [6.07, 6.45) is 7.46. The number of nitrogens with one attached hydrogen (secondary N) is 1. The van der Waals surface area contributed by atoms with Crippen molar-refractivity contribution in [3.05, 3.63) is 51.8 Å². The van der Waals surface area contributed by atoms with Gasteiger partial charge in [0.25, 0.3) is 0 Å². The molecule has 1 aromatic carbocycles. The third-order valence-electron chi connectivity index (χ3n) is 4.30. The van der Waals surface area contributed by atoms with Crippen molar-refractivity contribution in [2.24, 2.45) is 0 Å². The Kier molecular flexibility index (Phi) is 4.39. The molecule has 1 heterocycles. The molecule has 1 aliphatic rings. The third kappa shape index (κ3) is 3.18. The lowest BCUT2D eigenvalue weighted by atomic mass is 9.85. The minimum atomic E-state index is 0.389. The summed E-state index contributed by atoms with van der Waals surface area (Å²) in [5.41, 5.74) is 4.10. The Hall–Kier alpha value is -1.61. The quantitative estimate of drug-likeness (QED) is 0.858. The Morgan fingerprint density at radius 1 is 1.33 bits per heavy atom. The summed E-state index contributed by atoms with van der Waals surface area (Å²) >= 11 is 6.08. The molecule has 0 bridgehead atoms. The van der Waals surface area contributed by atoms with Crippen LogP contribution in [0.25, 0.3) is 0 Å². The van der Waals surface area contributed by atoms with E-state index >= 15 is 0 Å². The number of carbonyl (C=O) groups is 1. The molecule has 3 rings (SSSR count). The van der Waals surface area contributed by atoms with Crippen LogP contribution >= 0.6 is 11.6 Å². The number of halogens is 1. The molecule has 1 atom stereocenters. The van der Waals surface area contributed by atoms with Gasteiger partial charge >= 0.3 is 0 Å². The molecule has 1 N–H and O–H groups in total. The fourth-order valence-electron chi connectivity index (χ4n) is 3.26. The average molecular weight is 303 g/mol. The summed E-state index contributed by atoms with van der Waals surface area (Å²) in [5.74, 6) is 0.389. The van der Waals surface area contributed by atoms with Crippen molar-refractivity contribution < 1.29 is 4.79 Å². The van der Waals surface area contributed by atoms with Gasteiger partial charge in [0.05, 0.1) is 0 Å². The number of H-pyrrole nitrogens is 1. The second-order valence-corrected chi connectivity index (χ2v) is 6.19. The van der Waals surface area contributed by atoms with Crippen molar-refractivity contribution in [3.63, 3.8) is 0 Å². The first kappa shape index (κ1) is 14.3. The lowest BCUT2D eigenvalue weighted by Crippen LogP contribution is -2.09. The highest BCUT2D eigenvalue weighted by molar-refractivity contribution is 6.30. The van der Waals surface area contributed by atoms with Gasteiger partial charge < -0.3 is 0 Å². The van der Waals surface area contributed by atoms with Crippen molar-refractivity contribution in [2.45, 2.75) is 44.4 Å². The fraction of sp³-hybridized carbons (Fsp3) is 0.412. The standard InChI is InChI=1S/C17H19ClN2O/c18-14-7-4-5-12(10-14)9-13-6-2-1-3-8-15-16(11-21)19-20-17(13)15/h4-5,7,10-11,13H,1-3,6,8-9H2,(H,19,20). The SMILES string of the molecule is O=Cc1n[nH]c2c1CCCCCC2Cc1cccc(Cl)c1. The van der Waals surface area contributed by atoms with Gasteiger partial charge in [0.1, 0.15) is 5.69 Å². The summed E-state index contributed by atoms with van der Waals surface area (Å²) in [7, 11) is 0. The van der Waals surface area contributed by atoms with Crippen LogP contribution in [0.4, 0.5) is 0 Å². The number of fused-ring (bicyclic) bond motifs is 1. The summed E-state index contributed by atoms with van der Waals surface area (Å²) in [5, 5.41) is 8.08. The zero-order valence-electron chi connectivity index (χ0n) is 11.9. The van der Waals surface area contributed by atoms with Crippen molar-refractivity contribution in [2.75, 3.05) is 0 Å². The average Bonchev–Trinajstić information content (AvgIpc) is 2.85. The van der Waals surface area contributed by atoms with Gasteiger partial charge in [-0.25, -0.2) is 0 Å². The van der Waals surface area contributed by atoms with Crippen LogP contribution in [0, 0.1) is 0 Å². The molecule has 0 spiro atoms. The van der Waals surface area contributed by atoms with Crippen LogP contribution in [-0.4, -0.2) is 16.5 Å². The van der Waals surface area contributed by atoms with Crippen LogP contribution in [0.5, 0.6) is 0 Å². The van der Waals surface area contributed by atoms with E-state index < -0.39 is 0 Å². The summed E-state index contributed by atoms with van der Waals surface area (Å²) in [4.78, 5) is 11.1. The lowest BCUT2D eigenvalue weighted by molar-refractivity contribution is 0.111. The van der Waals surface area contributed by atoms with Crippen LogP contribution in [0.2, 0.25) is 5.02 Å². The number of hydrogen-bond acceptors (Lipinski definition) is 2. The maximum absolute atomic E-state index is 11.1. The molecule has 0 amide bonds. The second-order valence-electron chi connectivity index (χ2n) is 5.75. The predicted octanol–water partition coefficient (Wildman–Crippen LogP) is 4.32. The van der Waals surface area contributed by atoms with Crippen LogP contribution in [-0.2, 0) is 12.8 Å². The minimum absolute atomic E-state index is 0.389. The lowest BCUT2D eigenvalue weighted by Gasteiger charge is -2.20. The summed E-state index contributed by atoms with van der Waals surface area (Å²) in [6.45, 7) is 0. The Labute approximate surface area is 129 Å². The first-order valence-electron chi connectivity index (χ1n) is 7.54. The first-order valence-corrected chi connectivity index (χ1v) is 7.92. The normalized spacial score (nSPS) is 18.6. The van der Waals surface area contributed by atoms with E-state index in [1.807, 2.05) is 18.2 Å². The van der Waals surface area contributed by atoms with Gasteiger partial charge in [0.2, 0.25) is 0 Å². The van der Waals surface area contributed by atoms with Crippen LogP contribution in [0.15, 0.2) is 24.3 Å². The number of nitrogens with zero attached hydrogens (tertiary/aromatic N) is 1. The van der Waals surface area contributed by atoms with Crippen molar-refractivity contribution in [1.82, 2.24) is 10.2 Å². The highest BCUT2D eigenvalue weighted by Crippen LogP contribution is 2.32. The zero-order chi connectivity index (χ0) is 14.7. The van der Waals surface area contributed by atoms with E-state index in [4.69, 9.17) is 11.6 Å². The van der Waals surface area contributed by atoms with Crippen molar-refractivity contribution in [3.8, 4) is 0 Å². The number of benzene rings is 1. The molecule has 3 nitrogen and oxygen atoms in total. The summed E-state index contributed by atoms with van der Waals surface area (Å²) in [6, 6.07) is 8.03. The molecule has 0 saturated carbocycles. The highest BCUT2D eigenvalue weighted by atomic mass is 35.5. The van der Waals surface area contributed by atoms with Crippen LogP contribution in [0.1, 0.15) is 58.9 Å². The van der Waals surface area contributed by atoms with E-state index in [2.05, 4.69) is 16.3 Å². The molecule has 0 aliphatic heterocycles. The molecular formula is C17H19ClN2O. The van der Waals surface area contributed by atoms with Gasteiger partial charge in [-0.3, -0.25) is 9.89 Å². The van der Waals surface area contributed by atoms with Crippen LogP contribution < -0.4 is 0 Å². The number of rotatable bonds is 3. The molecular weight excluding hydrogens is 284 g/mol. The van der Waals surface area contributed by atoms with E-state index in [1.54, 1.807) is 0 Å². The van der Waals surface area contributed by atoms with E-state index in [0.717, 1.165) is 48.2 Å². The maximum Gasteiger partial charge on any atom is 0.170 e. The number of aromatic nitrogens is 2. The molecule has 0 radical (unpaired) electrons. The monoisotopic (exact) mass is 302 g/mol. The molecule has 0 fully saturated rings. The zero-order valence-corrected chi connectivity index (χ0v) is 12.7. The van der Waals surface area contributed by atoms with E-state index in [-0.39, 0.29) is 0 Å². The molecule has 4 heteroatoms. The molecule has 1 aliphatic carbocycles. The summed E-state index contributed by atoms with van der Waals surface area (Å²) < 4.78 is 0. The van der Waals surface area contributed by atoms with Gasteiger partial charge in [0.15, 0.2) is 6.29 Å². The first-order chi connectivity index (χ1) is 10.3. The molecule has 0 saturated heterocycles. The highest BCUT2D eigenvalue weighted by Gasteiger charge is 2.23. The van der Waals surface area contributed by atoms with Crippen molar-refractivity contribution in [1.29, 1.82) is 0 Å². The largest absolute Gasteiger partial charge is 0.296 e. The van der Waals surface area contributed by atoms with Gasteiger partial charge in [0, 0.05) is 22.2 Å². The van der Waals surface area contributed by atoms with Gasteiger partial charge in [-0.05, 0) is 43.4 Å². The third-order valence-corrected chi connectivity index (χ3v) is 4.54. The predicted molar refractivity (Wildman–Crippen MR) is 84.0 cm³/mol. The number of hydrogen-bond donors (Lipinski definition) is 1. The maximum atomic E-state index is 11.1. The Morgan fingerprint density at radius 2 is 2.24 bits per heavy atom. The Balaban J connectivity index is 1.91. The van der Waals surface area contributed by atoms with E-state index in [9.17, 15) is 4.79 Å². The topological polar surface area (TPSA) is 45.8 Å². The molecule has 2 aromatic rings. The van der Waals surface area contributed by atoms with E-state index in [1.165, 1.54) is 18.4 Å². The van der Waals surface area contributed by atoms with E-state index in [0.29, 0.717) is 11.6 Å². The van der Waals surface area contributed by atoms with Gasteiger partial charge in [-0.15, -0.1) is 0 Å². The fourth-order valence-corrected chi connectivity index (χ4v) is 3.47. The molecule has 21 heavy (non-hydrogen) atoms.